The van der Waals surface area contributed by atoms with Gasteiger partial charge in [0.1, 0.15) is 0 Å². The van der Waals surface area contributed by atoms with E-state index in [0.717, 1.165) is 45.6 Å². The maximum atomic E-state index is 5.60. The summed E-state index contributed by atoms with van der Waals surface area (Å²) < 4.78 is 5.60. The molecule has 1 saturated heterocycles. The molecule has 0 amide bonds. The molecule has 1 unspecified atom stereocenters. The molecule has 1 aromatic rings. The van der Waals surface area contributed by atoms with Crippen LogP contribution < -0.4 is 10.2 Å². The Morgan fingerprint density at radius 1 is 1.47 bits per heavy atom. The summed E-state index contributed by atoms with van der Waals surface area (Å²) in [6.45, 7) is 11.2. The molecular formula is C14H25N3OS. The molecule has 0 aromatic carbocycles. The standard InChI is InChI=1S/C14H25N3OS/c1-4-6-12-13(9-15-5-2)19-14(16-12)17-7-8-18-11(3)10-17/h11,15H,4-10H2,1-3H3. The van der Waals surface area contributed by atoms with E-state index in [4.69, 9.17) is 9.72 Å². The molecule has 0 spiro atoms. The fourth-order valence-electron chi connectivity index (χ4n) is 2.31. The third-order valence-electron chi connectivity index (χ3n) is 3.30. The monoisotopic (exact) mass is 283 g/mol. The zero-order valence-corrected chi connectivity index (χ0v) is 13.1. The highest BCUT2D eigenvalue weighted by atomic mass is 32.1. The largest absolute Gasteiger partial charge is 0.375 e. The summed E-state index contributed by atoms with van der Waals surface area (Å²) >= 11 is 1.84. The Labute approximate surface area is 120 Å². The predicted molar refractivity (Wildman–Crippen MR) is 81.1 cm³/mol. The van der Waals surface area contributed by atoms with Gasteiger partial charge in [-0.3, -0.25) is 0 Å². The second-order valence-electron chi connectivity index (χ2n) is 5.02. The first-order valence-electron chi connectivity index (χ1n) is 7.30. The molecule has 1 atom stereocenters. The molecule has 2 heterocycles. The highest BCUT2D eigenvalue weighted by Gasteiger charge is 2.21. The number of morpholine rings is 1. The van der Waals surface area contributed by atoms with Crippen LogP contribution in [0.1, 0.15) is 37.8 Å². The van der Waals surface area contributed by atoms with Crippen molar-refractivity contribution in [2.75, 3.05) is 31.1 Å². The van der Waals surface area contributed by atoms with Crippen molar-refractivity contribution >= 4 is 16.5 Å². The highest BCUT2D eigenvalue weighted by molar-refractivity contribution is 7.15. The average Bonchev–Trinajstić information content (AvgIpc) is 2.80. The number of aromatic nitrogens is 1. The lowest BCUT2D eigenvalue weighted by Gasteiger charge is -2.30. The number of rotatable bonds is 6. The SMILES string of the molecule is CCCc1nc(N2CCOC(C)C2)sc1CNCC. The van der Waals surface area contributed by atoms with Crippen molar-refractivity contribution in [2.45, 2.75) is 46.3 Å². The molecule has 0 bridgehead atoms. The van der Waals surface area contributed by atoms with Gasteiger partial charge in [0.15, 0.2) is 5.13 Å². The van der Waals surface area contributed by atoms with Gasteiger partial charge in [0.25, 0.3) is 0 Å². The predicted octanol–water partition coefficient (Wildman–Crippen LogP) is 2.43. The summed E-state index contributed by atoms with van der Waals surface area (Å²) in [5.74, 6) is 0. The van der Waals surface area contributed by atoms with Crippen molar-refractivity contribution < 1.29 is 4.74 Å². The quantitative estimate of drug-likeness (QED) is 0.870. The fourth-order valence-corrected chi connectivity index (χ4v) is 3.42. The van der Waals surface area contributed by atoms with Gasteiger partial charge >= 0.3 is 0 Å². The van der Waals surface area contributed by atoms with E-state index < -0.39 is 0 Å². The Bertz CT molecular complexity index is 394. The highest BCUT2D eigenvalue weighted by Crippen LogP contribution is 2.28. The lowest BCUT2D eigenvalue weighted by Crippen LogP contribution is -2.41. The number of hydrogen-bond donors (Lipinski definition) is 1. The van der Waals surface area contributed by atoms with E-state index in [-0.39, 0.29) is 0 Å². The molecule has 1 aliphatic heterocycles. The van der Waals surface area contributed by atoms with Gasteiger partial charge in [0, 0.05) is 24.5 Å². The minimum absolute atomic E-state index is 0.310. The molecule has 5 heteroatoms. The molecule has 2 rings (SSSR count). The van der Waals surface area contributed by atoms with Gasteiger partial charge < -0.3 is 15.0 Å². The molecule has 19 heavy (non-hydrogen) atoms. The van der Waals surface area contributed by atoms with Crippen LogP contribution in [0.4, 0.5) is 5.13 Å². The fraction of sp³-hybridized carbons (Fsp3) is 0.786. The average molecular weight is 283 g/mol. The van der Waals surface area contributed by atoms with Gasteiger partial charge in [-0.1, -0.05) is 20.3 Å². The van der Waals surface area contributed by atoms with Crippen LogP contribution in [0.3, 0.4) is 0 Å². The van der Waals surface area contributed by atoms with Crippen LogP contribution in [0.15, 0.2) is 0 Å². The number of hydrogen-bond acceptors (Lipinski definition) is 5. The summed E-state index contributed by atoms with van der Waals surface area (Å²) in [7, 11) is 0. The van der Waals surface area contributed by atoms with Crippen molar-refractivity contribution in [1.29, 1.82) is 0 Å². The molecule has 1 aliphatic rings. The van der Waals surface area contributed by atoms with Gasteiger partial charge in [-0.25, -0.2) is 4.98 Å². The normalized spacial score (nSPS) is 19.9. The van der Waals surface area contributed by atoms with E-state index in [1.54, 1.807) is 0 Å². The summed E-state index contributed by atoms with van der Waals surface area (Å²) in [6, 6.07) is 0. The summed E-state index contributed by atoms with van der Waals surface area (Å²) in [5, 5.41) is 4.59. The lowest BCUT2D eigenvalue weighted by atomic mass is 10.2. The molecule has 1 aromatic heterocycles. The zero-order valence-electron chi connectivity index (χ0n) is 12.2. The number of anilines is 1. The number of aryl methyl sites for hydroxylation is 1. The molecule has 1 N–H and O–H groups in total. The topological polar surface area (TPSA) is 37.4 Å². The number of ether oxygens (including phenoxy) is 1. The molecule has 4 nitrogen and oxygen atoms in total. The minimum Gasteiger partial charge on any atom is -0.375 e. The Balaban J connectivity index is 2.11. The van der Waals surface area contributed by atoms with Gasteiger partial charge in [-0.2, -0.15) is 0 Å². The van der Waals surface area contributed by atoms with Crippen molar-refractivity contribution in [3.05, 3.63) is 10.6 Å². The first-order chi connectivity index (χ1) is 9.24. The van der Waals surface area contributed by atoms with Crippen LogP contribution >= 0.6 is 11.3 Å². The Morgan fingerprint density at radius 2 is 2.32 bits per heavy atom. The number of nitrogens with zero attached hydrogens (tertiary/aromatic N) is 2. The summed E-state index contributed by atoms with van der Waals surface area (Å²) in [6.07, 6.45) is 2.54. The lowest BCUT2D eigenvalue weighted by molar-refractivity contribution is 0.0532. The van der Waals surface area contributed by atoms with Gasteiger partial charge in [-0.15, -0.1) is 11.3 Å². The van der Waals surface area contributed by atoms with E-state index in [1.165, 1.54) is 15.7 Å². The van der Waals surface area contributed by atoms with Crippen LogP contribution in [-0.4, -0.2) is 37.3 Å². The van der Waals surface area contributed by atoms with Crippen LogP contribution in [0.25, 0.3) is 0 Å². The van der Waals surface area contributed by atoms with Crippen LogP contribution in [0, 0.1) is 0 Å². The Kier molecular flexibility index (Phi) is 5.60. The number of nitrogens with one attached hydrogen (secondary N) is 1. The van der Waals surface area contributed by atoms with Crippen molar-refractivity contribution in [3.8, 4) is 0 Å². The maximum absolute atomic E-state index is 5.60. The third kappa shape index (κ3) is 3.91. The third-order valence-corrected chi connectivity index (χ3v) is 4.46. The van der Waals surface area contributed by atoms with E-state index >= 15 is 0 Å². The van der Waals surface area contributed by atoms with Gasteiger partial charge in [0.05, 0.1) is 18.4 Å². The maximum Gasteiger partial charge on any atom is 0.185 e. The molecule has 0 saturated carbocycles. The second kappa shape index (κ2) is 7.22. The molecule has 1 fully saturated rings. The summed E-state index contributed by atoms with van der Waals surface area (Å²) in [5.41, 5.74) is 1.28. The second-order valence-corrected chi connectivity index (χ2v) is 6.09. The van der Waals surface area contributed by atoms with Crippen molar-refractivity contribution in [1.82, 2.24) is 10.3 Å². The molecule has 0 radical (unpaired) electrons. The van der Waals surface area contributed by atoms with Crippen molar-refractivity contribution in [2.24, 2.45) is 0 Å². The smallest absolute Gasteiger partial charge is 0.185 e. The molecular weight excluding hydrogens is 258 g/mol. The van der Waals surface area contributed by atoms with Crippen molar-refractivity contribution in [3.63, 3.8) is 0 Å². The van der Waals surface area contributed by atoms with E-state index in [1.807, 2.05) is 11.3 Å². The van der Waals surface area contributed by atoms with E-state index in [0.29, 0.717) is 6.10 Å². The summed E-state index contributed by atoms with van der Waals surface area (Å²) in [4.78, 5) is 8.63. The van der Waals surface area contributed by atoms with Gasteiger partial charge in [0.2, 0.25) is 0 Å². The van der Waals surface area contributed by atoms with E-state index in [9.17, 15) is 0 Å². The van der Waals surface area contributed by atoms with E-state index in [2.05, 4.69) is 31.0 Å². The van der Waals surface area contributed by atoms with Crippen LogP contribution in [-0.2, 0) is 17.7 Å². The first-order valence-corrected chi connectivity index (χ1v) is 8.12. The van der Waals surface area contributed by atoms with Gasteiger partial charge in [-0.05, 0) is 19.9 Å². The Morgan fingerprint density at radius 3 is 3.00 bits per heavy atom. The molecule has 108 valence electrons. The zero-order chi connectivity index (χ0) is 13.7. The van der Waals surface area contributed by atoms with Crippen LogP contribution in [0.5, 0.6) is 0 Å². The minimum atomic E-state index is 0.310. The first kappa shape index (κ1) is 14.8. The number of thiazole rings is 1. The Hall–Kier alpha value is -0.650. The molecule has 0 aliphatic carbocycles. The van der Waals surface area contributed by atoms with Crippen LogP contribution in [0.2, 0.25) is 0 Å².